The highest BCUT2D eigenvalue weighted by molar-refractivity contribution is 6.32. The Labute approximate surface area is 346 Å². The van der Waals surface area contributed by atoms with Crippen molar-refractivity contribution < 1.29 is 51.1 Å². The molecular formula is C50H52O10. The fourth-order valence-corrected chi connectivity index (χ4v) is 9.76. The van der Waals surface area contributed by atoms with Crippen LogP contribution in [0.2, 0.25) is 0 Å². The molecule has 0 saturated carbocycles. The van der Waals surface area contributed by atoms with E-state index < -0.39 is 44.7 Å². The number of benzene rings is 8. The second-order valence-electron chi connectivity index (χ2n) is 20.5. The zero-order chi connectivity index (χ0) is 44.4. The maximum atomic E-state index is 12.6. The molecular weight excluding hydrogens is 761 g/mol. The highest BCUT2D eigenvalue weighted by Gasteiger charge is 2.36. The maximum Gasteiger partial charge on any atom is 0.166 e. The molecule has 0 saturated heterocycles. The van der Waals surface area contributed by atoms with E-state index in [1.165, 1.54) is 12.1 Å². The van der Waals surface area contributed by atoms with Gasteiger partial charge in [0.2, 0.25) is 0 Å². The van der Waals surface area contributed by atoms with E-state index in [2.05, 4.69) is 0 Å². The molecule has 0 atom stereocenters. The van der Waals surface area contributed by atoms with Crippen molar-refractivity contribution in [1.29, 1.82) is 0 Å². The Kier molecular flexibility index (Phi) is 8.13. The number of phenols is 8. The minimum Gasteiger partial charge on any atom is -0.507 e. The number of hydrogen-bond acceptors (Lipinski definition) is 10. The van der Waals surface area contributed by atoms with Crippen molar-refractivity contribution >= 4 is 76.2 Å². The van der Waals surface area contributed by atoms with Crippen LogP contribution in [-0.4, -0.2) is 51.1 Å². The van der Waals surface area contributed by atoms with Crippen LogP contribution in [0.15, 0.2) is 36.4 Å². The predicted octanol–water partition coefficient (Wildman–Crippen LogP) is 12.3. The molecule has 0 aliphatic carbocycles. The monoisotopic (exact) mass is 812 g/mol. The lowest BCUT2D eigenvalue weighted by Crippen LogP contribution is -2.14. The van der Waals surface area contributed by atoms with Crippen molar-refractivity contribution in [2.75, 3.05) is 0 Å². The number of phenolic OH excluding ortho intramolecular Hbond substituents is 8. The number of aliphatic hydroxyl groups excluding tert-OH is 2. The molecule has 10 heteroatoms. The van der Waals surface area contributed by atoms with Gasteiger partial charge in [-0.05, 0) is 58.1 Å². The molecule has 0 heterocycles. The van der Waals surface area contributed by atoms with Crippen molar-refractivity contribution in [3.63, 3.8) is 0 Å². The molecule has 10 nitrogen and oxygen atoms in total. The third kappa shape index (κ3) is 5.18. The SMILES string of the molecule is CC(C)(C)c1c(O)c2ccc3c(O)c(C(C)(C)C)c(O)c4c(/C(O)=C(\O)c5cc6c(O)c(C(C)(C)C)c(O)c7ccc8c(O)c(C(C)(C)C)c(O)c5c8c76)cc(c1O)c2c34. The van der Waals surface area contributed by atoms with Crippen LogP contribution in [0.1, 0.15) is 116 Å². The van der Waals surface area contributed by atoms with E-state index in [4.69, 9.17) is 0 Å². The Balaban J connectivity index is 1.65. The molecule has 8 aromatic rings. The standard InChI is InChI=1S/C50H52O10/c1-47(2,3)33-37(51)19-13-15-21-29-27(19)23(41(33)55)17-25(31(29)45(59)35(39(21)53)49(7,8)9)43(57)44(58)26-18-24-28-20(38(52)34(42(24)56)48(4,5)6)14-16-22-30(28)32(26)46(60)36(40(22)54)50(10,11)12/h13-18,51-60H,1-12H3/b44-43+. The van der Waals surface area contributed by atoms with E-state index in [9.17, 15) is 51.1 Å². The van der Waals surface area contributed by atoms with Gasteiger partial charge in [0.25, 0.3) is 0 Å². The molecule has 0 aliphatic heterocycles. The largest absolute Gasteiger partial charge is 0.507 e. The molecule has 8 rings (SSSR count). The molecule has 0 bridgehead atoms. The number of hydrogen-bond donors (Lipinski definition) is 10. The highest BCUT2D eigenvalue weighted by Crippen LogP contribution is 2.58. The van der Waals surface area contributed by atoms with E-state index in [-0.39, 0.29) is 111 Å². The van der Waals surface area contributed by atoms with Crippen molar-refractivity contribution in [2.24, 2.45) is 0 Å². The van der Waals surface area contributed by atoms with Gasteiger partial charge in [0.1, 0.15) is 46.0 Å². The fourth-order valence-electron chi connectivity index (χ4n) is 9.76. The Hall–Kier alpha value is -6.42. The summed E-state index contributed by atoms with van der Waals surface area (Å²) < 4.78 is 0. The summed E-state index contributed by atoms with van der Waals surface area (Å²) in [6.07, 6.45) is 0. The first-order valence-electron chi connectivity index (χ1n) is 20.0. The third-order valence-corrected chi connectivity index (χ3v) is 12.2. The minimum absolute atomic E-state index is 0.00865. The first-order valence-corrected chi connectivity index (χ1v) is 20.0. The summed E-state index contributed by atoms with van der Waals surface area (Å²) in [6, 6.07) is 9.32. The summed E-state index contributed by atoms with van der Waals surface area (Å²) in [5.41, 5.74) is -2.83. The average Bonchev–Trinajstić information content (AvgIpc) is 3.11. The quantitative estimate of drug-likeness (QED) is 0.0454. The van der Waals surface area contributed by atoms with Crippen LogP contribution in [0.4, 0.5) is 0 Å². The van der Waals surface area contributed by atoms with Gasteiger partial charge in [0.15, 0.2) is 11.5 Å². The van der Waals surface area contributed by atoms with Crippen molar-refractivity contribution in [2.45, 2.75) is 105 Å². The van der Waals surface area contributed by atoms with E-state index >= 15 is 0 Å². The van der Waals surface area contributed by atoms with E-state index in [0.29, 0.717) is 21.5 Å². The van der Waals surface area contributed by atoms with Gasteiger partial charge in [-0.25, -0.2) is 0 Å². The van der Waals surface area contributed by atoms with Gasteiger partial charge < -0.3 is 51.1 Å². The third-order valence-electron chi connectivity index (χ3n) is 12.2. The average molecular weight is 813 g/mol. The van der Waals surface area contributed by atoms with Crippen molar-refractivity contribution in [3.8, 4) is 46.0 Å². The topological polar surface area (TPSA) is 202 Å². The molecule has 312 valence electrons. The highest BCUT2D eigenvalue weighted by atomic mass is 16.3. The molecule has 8 aromatic carbocycles. The number of rotatable bonds is 2. The molecule has 0 aromatic heterocycles. The predicted molar refractivity (Wildman–Crippen MR) is 240 cm³/mol. The minimum atomic E-state index is -0.851. The zero-order valence-corrected chi connectivity index (χ0v) is 35.9. The van der Waals surface area contributed by atoms with Gasteiger partial charge in [0, 0.05) is 98.0 Å². The van der Waals surface area contributed by atoms with Crippen LogP contribution in [0, 0.1) is 0 Å². The van der Waals surface area contributed by atoms with Gasteiger partial charge in [0.05, 0.1) is 0 Å². The van der Waals surface area contributed by atoms with Gasteiger partial charge in [-0.2, -0.15) is 0 Å². The summed E-state index contributed by atoms with van der Waals surface area (Å²) in [4.78, 5) is 0. The van der Waals surface area contributed by atoms with Crippen molar-refractivity contribution in [3.05, 3.63) is 69.8 Å². The van der Waals surface area contributed by atoms with Crippen molar-refractivity contribution in [1.82, 2.24) is 0 Å². The second-order valence-corrected chi connectivity index (χ2v) is 20.5. The Morgan fingerprint density at radius 1 is 0.300 bits per heavy atom. The van der Waals surface area contributed by atoms with Gasteiger partial charge in [-0.1, -0.05) is 83.1 Å². The molecule has 0 radical (unpaired) electrons. The summed E-state index contributed by atoms with van der Waals surface area (Å²) in [5.74, 6) is -3.86. The molecule has 0 amide bonds. The maximum absolute atomic E-state index is 12.6. The lowest BCUT2D eigenvalue weighted by Gasteiger charge is -2.29. The lowest BCUT2D eigenvalue weighted by molar-refractivity contribution is 0.415. The molecule has 0 spiro atoms. The smallest absolute Gasteiger partial charge is 0.166 e. The number of aromatic hydroxyl groups is 8. The van der Waals surface area contributed by atoms with Crippen LogP contribution in [-0.2, 0) is 21.7 Å². The summed E-state index contributed by atoms with van der Waals surface area (Å²) in [6.45, 7) is 21.7. The molecule has 0 unspecified atom stereocenters. The molecule has 10 N–H and O–H groups in total. The Morgan fingerprint density at radius 3 is 0.767 bits per heavy atom. The molecule has 60 heavy (non-hydrogen) atoms. The first kappa shape index (κ1) is 40.4. The van der Waals surface area contributed by atoms with Gasteiger partial charge >= 0.3 is 0 Å². The Bertz CT molecular complexity index is 3000. The van der Waals surface area contributed by atoms with Gasteiger partial charge in [-0.3, -0.25) is 0 Å². The molecule has 0 aliphatic rings. The summed E-state index contributed by atoms with van der Waals surface area (Å²) >= 11 is 0. The lowest BCUT2D eigenvalue weighted by atomic mass is 9.77. The summed E-state index contributed by atoms with van der Waals surface area (Å²) in [7, 11) is 0. The zero-order valence-electron chi connectivity index (χ0n) is 35.9. The van der Waals surface area contributed by atoms with E-state index in [1.54, 1.807) is 65.8 Å². The molecule has 0 fully saturated rings. The van der Waals surface area contributed by atoms with Crippen LogP contribution < -0.4 is 0 Å². The fraction of sp³-hybridized carbons (Fsp3) is 0.320. The van der Waals surface area contributed by atoms with Crippen LogP contribution in [0.5, 0.6) is 46.0 Å². The van der Waals surface area contributed by atoms with E-state index in [1.807, 2.05) is 41.5 Å². The van der Waals surface area contributed by atoms with Gasteiger partial charge in [-0.15, -0.1) is 0 Å². The van der Waals surface area contributed by atoms with Crippen LogP contribution >= 0.6 is 0 Å². The second kappa shape index (κ2) is 12.1. The number of aliphatic hydroxyl groups is 2. The summed E-state index contributed by atoms with van der Waals surface area (Å²) in [5, 5.41) is 123. The Morgan fingerprint density at radius 2 is 0.517 bits per heavy atom. The van der Waals surface area contributed by atoms with Crippen LogP contribution in [0.25, 0.3) is 76.2 Å². The first-order chi connectivity index (χ1) is 27.5. The van der Waals surface area contributed by atoms with E-state index in [0.717, 1.165) is 0 Å². The van der Waals surface area contributed by atoms with Crippen LogP contribution in [0.3, 0.4) is 0 Å². The normalized spacial score (nSPS) is 13.9.